The molecule has 9 heavy (non-hydrogen) atoms. The van der Waals surface area contributed by atoms with Crippen LogP contribution in [0.2, 0.25) is 0 Å². The Bertz CT molecular complexity index is 105. The van der Waals surface area contributed by atoms with Gasteiger partial charge >= 0.3 is 5.97 Å². The fourth-order valence-corrected chi connectivity index (χ4v) is 0.325. The number of carbonyl (C=O) groups excluding carboxylic acids is 1. The van der Waals surface area contributed by atoms with Crippen molar-refractivity contribution in [2.45, 2.75) is 19.4 Å². The zero-order valence-corrected chi connectivity index (χ0v) is 6.10. The minimum absolute atomic E-state index is 0.219. The van der Waals surface area contributed by atoms with Gasteiger partial charge < -0.3 is 9.84 Å². The van der Waals surface area contributed by atoms with Crippen LogP contribution in [-0.4, -0.2) is 22.7 Å². The van der Waals surface area contributed by atoms with Crippen molar-refractivity contribution >= 4 is 17.6 Å². The molecule has 0 aliphatic heterocycles. The Balaban J connectivity index is 3.74. The van der Waals surface area contributed by atoms with Crippen molar-refractivity contribution in [1.29, 1.82) is 0 Å². The first-order valence-corrected chi connectivity index (χ1v) is 2.97. The lowest BCUT2D eigenvalue weighted by atomic mass is 10.1. The van der Waals surface area contributed by atoms with Gasteiger partial charge in [0, 0.05) is 0 Å². The number of hydrogen-bond acceptors (Lipinski definition) is 3. The van der Waals surface area contributed by atoms with Crippen LogP contribution in [-0.2, 0) is 9.53 Å². The first-order chi connectivity index (χ1) is 3.98. The molecule has 0 bridgehead atoms. The van der Waals surface area contributed by atoms with Gasteiger partial charge in [0.05, 0.1) is 0 Å². The normalized spacial score (nSPS) is 11.1. The molecule has 0 atom stereocenters. The summed E-state index contributed by atoms with van der Waals surface area (Å²) in [5.74, 6) is -0.711. The fraction of sp³-hybridized carbons (Fsp3) is 0.800. The van der Waals surface area contributed by atoms with Gasteiger partial charge in [-0.3, -0.25) is 0 Å². The molecule has 0 unspecified atom stereocenters. The van der Waals surface area contributed by atoms with E-state index in [9.17, 15) is 4.79 Å². The second kappa shape index (κ2) is 3.03. The molecular weight excluding hydrogens is 144 g/mol. The summed E-state index contributed by atoms with van der Waals surface area (Å²) in [6, 6.07) is -0.219. The molecule has 0 fully saturated rings. The van der Waals surface area contributed by atoms with Crippen LogP contribution in [0.15, 0.2) is 0 Å². The Morgan fingerprint density at radius 3 is 2.33 bits per heavy atom. The largest absolute Gasteiger partial charge is 0.447 e. The van der Waals surface area contributed by atoms with E-state index in [1.807, 2.05) is 0 Å². The first-order valence-electron chi connectivity index (χ1n) is 2.44. The van der Waals surface area contributed by atoms with Gasteiger partial charge in [-0.2, -0.15) is 0 Å². The summed E-state index contributed by atoms with van der Waals surface area (Å²) >= 11 is 5.05. The molecule has 0 rings (SSSR count). The van der Waals surface area contributed by atoms with Gasteiger partial charge in [-0.1, -0.05) is 11.6 Å². The summed E-state index contributed by atoms with van der Waals surface area (Å²) in [6.45, 7) is 2.67. The van der Waals surface area contributed by atoms with Crippen LogP contribution in [0.1, 0.15) is 13.8 Å². The fourth-order valence-electron chi connectivity index (χ4n) is 0.226. The number of halogens is 1. The monoisotopic (exact) mass is 152 g/mol. The lowest BCUT2D eigenvalue weighted by Crippen LogP contribution is -2.32. The van der Waals surface area contributed by atoms with Crippen LogP contribution in [0, 0.1) is 0 Å². The number of esters is 1. The second-order valence-corrected chi connectivity index (χ2v) is 2.32. The van der Waals surface area contributed by atoms with Gasteiger partial charge in [0.25, 0.3) is 0 Å². The first kappa shape index (κ1) is 8.72. The average molecular weight is 153 g/mol. The molecule has 0 radical (unpaired) electrons. The number of hydrogen-bond donors (Lipinski definition) is 1. The van der Waals surface area contributed by atoms with Gasteiger partial charge in [-0.25, -0.2) is 4.79 Å². The van der Waals surface area contributed by atoms with Crippen molar-refractivity contribution in [3.8, 4) is 0 Å². The number of carbonyl (C=O) groups is 1. The SMILES string of the molecule is CC(C)(O)C(=O)OCCl. The van der Waals surface area contributed by atoms with E-state index in [-0.39, 0.29) is 6.07 Å². The summed E-state index contributed by atoms with van der Waals surface area (Å²) in [4.78, 5) is 10.5. The molecule has 0 heterocycles. The highest BCUT2D eigenvalue weighted by molar-refractivity contribution is 6.17. The van der Waals surface area contributed by atoms with E-state index in [0.717, 1.165) is 0 Å². The number of alkyl halides is 1. The predicted molar refractivity (Wildman–Crippen MR) is 33.1 cm³/mol. The standard InChI is InChI=1S/C5H9ClO3/c1-5(2,8)4(7)9-3-6/h8H,3H2,1-2H3. The number of aliphatic hydroxyl groups is 1. The summed E-state index contributed by atoms with van der Waals surface area (Å²) in [5, 5.41) is 8.88. The quantitative estimate of drug-likeness (QED) is 0.463. The Morgan fingerprint density at radius 2 is 2.22 bits per heavy atom. The topological polar surface area (TPSA) is 46.5 Å². The van der Waals surface area contributed by atoms with Crippen LogP contribution in [0.5, 0.6) is 0 Å². The third-order valence-electron chi connectivity index (χ3n) is 0.685. The van der Waals surface area contributed by atoms with E-state index in [1.165, 1.54) is 13.8 Å². The van der Waals surface area contributed by atoms with Crippen molar-refractivity contribution in [2.75, 3.05) is 6.07 Å². The molecule has 0 saturated carbocycles. The molecule has 0 aromatic heterocycles. The molecule has 0 aliphatic rings. The Kier molecular flexibility index (Phi) is 2.94. The Labute approximate surface area is 58.6 Å². The van der Waals surface area contributed by atoms with Gasteiger partial charge in [-0.05, 0) is 13.8 Å². The summed E-state index contributed by atoms with van der Waals surface area (Å²) in [6.07, 6.45) is 0. The second-order valence-electron chi connectivity index (χ2n) is 2.10. The van der Waals surface area contributed by atoms with Gasteiger partial charge in [0.1, 0.15) is 0 Å². The molecule has 0 aliphatic carbocycles. The summed E-state index contributed by atoms with van der Waals surface area (Å²) < 4.78 is 4.28. The van der Waals surface area contributed by atoms with Gasteiger partial charge in [0.15, 0.2) is 11.7 Å². The summed E-state index contributed by atoms with van der Waals surface area (Å²) in [5.41, 5.74) is -1.44. The molecule has 54 valence electrons. The molecule has 0 amide bonds. The molecular formula is C5H9ClO3. The van der Waals surface area contributed by atoms with Crippen molar-refractivity contribution < 1.29 is 14.6 Å². The minimum atomic E-state index is -1.44. The van der Waals surface area contributed by atoms with E-state index < -0.39 is 11.6 Å². The van der Waals surface area contributed by atoms with E-state index >= 15 is 0 Å². The smallest absolute Gasteiger partial charge is 0.338 e. The van der Waals surface area contributed by atoms with E-state index in [4.69, 9.17) is 16.7 Å². The summed E-state index contributed by atoms with van der Waals surface area (Å²) in [7, 11) is 0. The van der Waals surface area contributed by atoms with Crippen molar-refractivity contribution in [3.63, 3.8) is 0 Å². The van der Waals surface area contributed by atoms with Gasteiger partial charge in [-0.15, -0.1) is 0 Å². The highest BCUT2D eigenvalue weighted by Gasteiger charge is 2.24. The molecule has 0 aromatic carbocycles. The highest BCUT2D eigenvalue weighted by atomic mass is 35.5. The molecule has 0 spiro atoms. The minimum Gasteiger partial charge on any atom is -0.447 e. The zero-order chi connectivity index (χ0) is 7.49. The lowest BCUT2D eigenvalue weighted by Gasteiger charge is -2.13. The number of rotatable bonds is 2. The highest BCUT2D eigenvalue weighted by Crippen LogP contribution is 2.03. The molecule has 3 nitrogen and oxygen atoms in total. The van der Waals surface area contributed by atoms with E-state index in [0.29, 0.717) is 0 Å². The Hall–Kier alpha value is -0.280. The Morgan fingerprint density at radius 1 is 1.78 bits per heavy atom. The van der Waals surface area contributed by atoms with Crippen LogP contribution in [0.4, 0.5) is 0 Å². The molecule has 4 heteroatoms. The van der Waals surface area contributed by atoms with Crippen LogP contribution in [0.3, 0.4) is 0 Å². The van der Waals surface area contributed by atoms with Crippen molar-refractivity contribution in [2.24, 2.45) is 0 Å². The van der Waals surface area contributed by atoms with Crippen LogP contribution >= 0.6 is 11.6 Å². The third kappa shape index (κ3) is 3.32. The maximum absolute atomic E-state index is 10.5. The molecule has 1 N–H and O–H groups in total. The predicted octanol–water partition coefficient (Wildman–Crippen LogP) is 0.497. The third-order valence-corrected chi connectivity index (χ3v) is 0.794. The maximum atomic E-state index is 10.5. The lowest BCUT2D eigenvalue weighted by molar-refractivity contribution is -0.159. The zero-order valence-electron chi connectivity index (χ0n) is 5.35. The molecule has 0 aromatic rings. The van der Waals surface area contributed by atoms with E-state index in [2.05, 4.69) is 4.74 Å². The average Bonchev–Trinajstić information content (AvgIpc) is 1.64. The maximum Gasteiger partial charge on any atom is 0.338 e. The molecule has 0 saturated heterocycles. The van der Waals surface area contributed by atoms with E-state index in [1.54, 1.807) is 0 Å². The van der Waals surface area contributed by atoms with Crippen molar-refractivity contribution in [1.82, 2.24) is 0 Å². The number of ether oxygens (including phenoxy) is 1. The van der Waals surface area contributed by atoms with Crippen LogP contribution < -0.4 is 0 Å². The van der Waals surface area contributed by atoms with Crippen molar-refractivity contribution in [3.05, 3.63) is 0 Å². The van der Waals surface area contributed by atoms with Crippen LogP contribution in [0.25, 0.3) is 0 Å². The van der Waals surface area contributed by atoms with Gasteiger partial charge in [0.2, 0.25) is 0 Å².